The average Bonchev–Trinajstić information content (AvgIpc) is 2.40. The second-order valence-electron chi connectivity index (χ2n) is 4.24. The van der Waals surface area contributed by atoms with Crippen molar-refractivity contribution in [2.75, 3.05) is 17.7 Å². The van der Waals surface area contributed by atoms with Crippen LogP contribution < -0.4 is 10.6 Å². The summed E-state index contributed by atoms with van der Waals surface area (Å²) in [7, 11) is 1.96. The first kappa shape index (κ1) is 14.1. The number of anilines is 2. The van der Waals surface area contributed by atoms with Crippen molar-refractivity contribution in [3.05, 3.63) is 45.5 Å². The largest absolute Gasteiger partial charge is 0.368 e. The highest BCUT2D eigenvalue weighted by Crippen LogP contribution is 2.30. The number of hydrogen-bond acceptors (Lipinski definition) is 4. The van der Waals surface area contributed by atoms with Gasteiger partial charge in [0, 0.05) is 18.3 Å². The van der Waals surface area contributed by atoms with E-state index in [1.54, 1.807) is 6.20 Å². The van der Waals surface area contributed by atoms with Crippen LogP contribution >= 0.6 is 27.5 Å². The van der Waals surface area contributed by atoms with Gasteiger partial charge in [0.1, 0.15) is 5.82 Å². The number of rotatable bonds is 3. The van der Waals surface area contributed by atoms with Crippen molar-refractivity contribution in [1.29, 1.82) is 0 Å². The Morgan fingerprint density at radius 2 is 2.16 bits per heavy atom. The standard InChI is InChI=1S/C13H14BrClN4/c1-8(9-4-3-5-10(15)6-9)19(2)12-11(14)7-17-13(16)18-12/h3-8H,1-2H3,(H2,16,17,18). The van der Waals surface area contributed by atoms with Gasteiger partial charge in [-0.05, 0) is 40.5 Å². The predicted molar refractivity (Wildman–Crippen MR) is 82.4 cm³/mol. The molecule has 0 aliphatic rings. The summed E-state index contributed by atoms with van der Waals surface area (Å²) in [6.07, 6.45) is 1.65. The third kappa shape index (κ3) is 3.16. The molecule has 1 heterocycles. The van der Waals surface area contributed by atoms with Crippen LogP contribution in [-0.4, -0.2) is 17.0 Å². The Balaban J connectivity index is 2.33. The molecule has 1 aromatic heterocycles. The molecule has 1 aromatic carbocycles. The highest BCUT2D eigenvalue weighted by molar-refractivity contribution is 9.10. The van der Waals surface area contributed by atoms with Crippen LogP contribution in [0.5, 0.6) is 0 Å². The quantitative estimate of drug-likeness (QED) is 0.925. The fraction of sp³-hybridized carbons (Fsp3) is 0.231. The third-order valence-electron chi connectivity index (χ3n) is 2.99. The molecule has 2 N–H and O–H groups in total. The molecule has 0 aliphatic carbocycles. The van der Waals surface area contributed by atoms with Crippen LogP contribution in [0.25, 0.3) is 0 Å². The lowest BCUT2D eigenvalue weighted by atomic mass is 10.1. The Kier molecular flexibility index (Phi) is 4.27. The lowest BCUT2D eigenvalue weighted by molar-refractivity contribution is 0.726. The van der Waals surface area contributed by atoms with Crippen molar-refractivity contribution in [3.63, 3.8) is 0 Å². The average molecular weight is 342 g/mol. The van der Waals surface area contributed by atoms with Gasteiger partial charge in [-0.3, -0.25) is 0 Å². The van der Waals surface area contributed by atoms with Crippen LogP contribution in [0.15, 0.2) is 34.9 Å². The molecule has 0 saturated heterocycles. The molecule has 2 rings (SSSR count). The number of halogens is 2. The smallest absolute Gasteiger partial charge is 0.222 e. The van der Waals surface area contributed by atoms with E-state index in [1.807, 2.05) is 36.2 Å². The first-order valence-electron chi connectivity index (χ1n) is 5.75. The molecule has 0 radical (unpaired) electrons. The molecule has 19 heavy (non-hydrogen) atoms. The van der Waals surface area contributed by atoms with E-state index in [9.17, 15) is 0 Å². The van der Waals surface area contributed by atoms with E-state index >= 15 is 0 Å². The number of nitrogen functional groups attached to an aromatic ring is 1. The summed E-state index contributed by atoms with van der Waals surface area (Å²) >= 11 is 9.46. The lowest BCUT2D eigenvalue weighted by Crippen LogP contribution is -2.23. The molecule has 2 aromatic rings. The Labute approximate surface area is 125 Å². The van der Waals surface area contributed by atoms with Crippen LogP contribution in [0, 0.1) is 0 Å². The van der Waals surface area contributed by atoms with Crippen LogP contribution in [0.1, 0.15) is 18.5 Å². The Morgan fingerprint density at radius 3 is 2.84 bits per heavy atom. The van der Waals surface area contributed by atoms with Gasteiger partial charge in [0.05, 0.1) is 10.5 Å². The second-order valence-corrected chi connectivity index (χ2v) is 5.53. The zero-order chi connectivity index (χ0) is 14.0. The number of aromatic nitrogens is 2. The van der Waals surface area contributed by atoms with Crippen molar-refractivity contribution >= 4 is 39.3 Å². The molecule has 0 amide bonds. The van der Waals surface area contributed by atoms with Gasteiger partial charge in [0.15, 0.2) is 0 Å². The van der Waals surface area contributed by atoms with E-state index < -0.39 is 0 Å². The van der Waals surface area contributed by atoms with Crippen molar-refractivity contribution in [1.82, 2.24) is 9.97 Å². The fourth-order valence-corrected chi connectivity index (χ4v) is 2.46. The van der Waals surface area contributed by atoms with E-state index in [0.717, 1.165) is 20.9 Å². The molecule has 0 saturated carbocycles. The van der Waals surface area contributed by atoms with Gasteiger partial charge in [-0.15, -0.1) is 0 Å². The Hall–Kier alpha value is -1.33. The molecule has 6 heteroatoms. The van der Waals surface area contributed by atoms with E-state index in [4.69, 9.17) is 17.3 Å². The van der Waals surface area contributed by atoms with Gasteiger partial charge in [0.2, 0.25) is 5.95 Å². The number of hydrogen-bond donors (Lipinski definition) is 1. The zero-order valence-electron chi connectivity index (χ0n) is 10.6. The van der Waals surface area contributed by atoms with Crippen molar-refractivity contribution in [2.24, 2.45) is 0 Å². The maximum atomic E-state index is 6.02. The molecule has 0 spiro atoms. The van der Waals surface area contributed by atoms with Gasteiger partial charge < -0.3 is 10.6 Å². The Bertz CT molecular complexity index is 591. The monoisotopic (exact) mass is 340 g/mol. The van der Waals surface area contributed by atoms with E-state index in [1.165, 1.54) is 0 Å². The summed E-state index contributed by atoms with van der Waals surface area (Å²) in [5.41, 5.74) is 6.75. The van der Waals surface area contributed by atoms with Gasteiger partial charge in [-0.25, -0.2) is 4.98 Å². The number of benzene rings is 1. The SMILES string of the molecule is CC(c1cccc(Cl)c1)N(C)c1nc(N)ncc1Br. The van der Waals surface area contributed by atoms with Crippen molar-refractivity contribution < 1.29 is 0 Å². The Morgan fingerprint density at radius 1 is 1.42 bits per heavy atom. The summed E-state index contributed by atoms with van der Waals surface area (Å²) in [6.45, 7) is 2.08. The topological polar surface area (TPSA) is 55.0 Å². The van der Waals surface area contributed by atoms with Crippen LogP contribution in [-0.2, 0) is 0 Å². The molecule has 0 bridgehead atoms. The molecule has 4 nitrogen and oxygen atoms in total. The minimum absolute atomic E-state index is 0.115. The lowest BCUT2D eigenvalue weighted by Gasteiger charge is -2.27. The van der Waals surface area contributed by atoms with E-state index in [2.05, 4.69) is 32.8 Å². The normalized spacial score (nSPS) is 12.2. The summed E-state index contributed by atoms with van der Waals surface area (Å²) in [6, 6.07) is 7.89. The second kappa shape index (κ2) is 5.75. The maximum Gasteiger partial charge on any atom is 0.222 e. The van der Waals surface area contributed by atoms with Crippen molar-refractivity contribution in [2.45, 2.75) is 13.0 Å². The zero-order valence-corrected chi connectivity index (χ0v) is 13.0. The fourth-order valence-electron chi connectivity index (χ4n) is 1.79. The highest BCUT2D eigenvalue weighted by atomic mass is 79.9. The molecular weight excluding hydrogens is 328 g/mol. The molecule has 1 unspecified atom stereocenters. The summed E-state index contributed by atoms with van der Waals surface area (Å²) in [5.74, 6) is 1.00. The van der Waals surface area contributed by atoms with Crippen LogP contribution in [0.3, 0.4) is 0 Å². The maximum absolute atomic E-state index is 6.02. The minimum atomic E-state index is 0.115. The van der Waals surface area contributed by atoms with E-state index in [0.29, 0.717) is 0 Å². The summed E-state index contributed by atoms with van der Waals surface area (Å²) < 4.78 is 0.804. The molecule has 0 aliphatic heterocycles. The third-order valence-corrected chi connectivity index (χ3v) is 3.78. The minimum Gasteiger partial charge on any atom is -0.368 e. The number of nitrogens with two attached hydrogens (primary N) is 1. The molecule has 1 atom stereocenters. The predicted octanol–water partition coefficient (Wildman–Crippen LogP) is 3.67. The molecule has 100 valence electrons. The summed E-state index contributed by atoms with van der Waals surface area (Å²) in [4.78, 5) is 10.2. The molecular formula is C13H14BrClN4. The van der Waals surface area contributed by atoms with Crippen molar-refractivity contribution in [3.8, 4) is 0 Å². The first-order valence-corrected chi connectivity index (χ1v) is 6.92. The van der Waals surface area contributed by atoms with Gasteiger partial charge in [0.25, 0.3) is 0 Å². The van der Waals surface area contributed by atoms with Gasteiger partial charge in [-0.1, -0.05) is 23.7 Å². The van der Waals surface area contributed by atoms with Gasteiger partial charge in [-0.2, -0.15) is 4.98 Å². The van der Waals surface area contributed by atoms with E-state index in [-0.39, 0.29) is 12.0 Å². The molecule has 0 fully saturated rings. The van der Waals surface area contributed by atoms with Crippen LogP contribution in [0.2, 0.25) is 5.02 Å². The van der Waals surface area contributed by atoms with Gasteiger partial charge >= 0.3 is 0 Å². The van der Waals surface area contributed by atoms with Crippen LogP contribution in [0.4, 0.5) is 11.8 Å². The number of nitrogens with zero attached hydrogens (tertiary/aromatic N) is 3. The first-order chi connectivity index (χ1) is 8.99. The highest BCUT2D eigenvalue weighted by Gasteiger charge is 2.16. The summed E-state index contributed by atoms with van der Waals surface area (Å²) in [5, 5.41) is 0.721.